The van der Waals surface area contributed by atoms with Crippen molar-refractivity contribution < 1.29 is 18.8 Å². The number of amides is 2. The fourth-order valence-electron chi connectivity index (χ4n) is 3.97. The number of halogens is 1. The zero-order valence-corrected chi connectivity index (χ0v) is 17.4. The number of aryl methyl sites for hydroxylation is 1. The van der Waals surface area contributed by atoms with Gasteiger partial charge in [-0.1, -0.05) is 47.6 Å². The third-order valence-electron chi connectivity index (χ3n) is 5.75. The van der Waals surface area contributed by atoms with Crippen molar-refractivity contribution in [2.75, 3.05) is 26.2 Å². The van der Waals surface area contributed by atoms with Gasteiger partial charge in [-0.05, 0) is 30.5 Å². The first-order chi connectivity index (χ1) is 15.1. The summed E-state index contributed by atoms with van der Waals surface area (Å²) in [5.41, 5.74) is 2.44. The molecule has 162 valence electrons. The fraction of sp³-hybridized carbons (Fsp3) is 0.375. The summed E-state index contributed by atoms with van der Waals surface area (Å²) in [5, 5.41) is 3.98. The summed E-state index contributed by atoms with van der Waals surface area (Å²) in [5.74, 6) is -0.345. The van der Waals surface area contributed by atoms with Crippen LogP contribution in [0, 0.1) is 5.82 Å². The Morgan fingerprint density at radius 3 is 2.48 bits per heavy atom. The van der Waals surface area contributed by atoms with Crippen LogP contribution >= 0.6 is 0 Å². The zero-order valence-electron chi connectivity index (χ0n) is 17.4. The Morgan fingerprint density at radius 1 is 1.00 bits per heavy atom. The van der Waals surface area contributed by atoms with Crippen LogP contribution in [0.5, 0.6) is 0 Å². The maximum Gasteiger partial charge on any atom is 0.267 e. The number of carbonyl (C=O) groups excluding carboxylic acids is 2. The van der Waals surface area contributed by atoms with Crippen molar-refractivity contribution in [2.45, 2.75) is 31.8 Å². The van der Waals surface area contributed by atoms with E-state index >= 15 is 0 Å². The Hall–Kier alpha value is -3.22. The Labute approximate surface area is 181 Å². The first kappa shape index (κ1) is 21.0. The van der Waals surface area contributed by atoms with Crippen molar-refractivity contribution in [3.05, 3.63) is 71.5 Å². The van der Waals surface area contributed by atoms with Crippen LogP contribution in [0.1, 0.15) is 30.4 Å². The van der Waals surface area contributed by atoms with E-state index in [1.54, 1.807) is 17.0 Å². The van der Waals surface area contributed by atoms with Gasteiger partial charge in [-0.2, -0.15) is 0 Å². The van der Waals surface area contributed by atoms with E-state index in [4.69, 9.17) is 4.84 Å². The molecule has 2 aliphatic rings. The second-order valence-corrected chi connectivity index (χ2v) is 7.89. The number of piperazine rings is 1. The second-order valence-electron chi connectivity index (χ2n) is 7.89. The highest BCUT2D eigenvalue weighted by atomic mass is 19.1. The number of hydrogen-bond acceptors (Lipinski definition) is 4. The molecule has 0 aromatic heterocycles. The van der Waals surface area contributed by atoms with Gasteiger partial charge in [-0.3, -0.25) is 9.59 Å². The molecular formula is C24H26FN3O3. The molecule has 0 N–H and O–H groups in total. The van der Waals surface area contributed by atoms with E-state index < -0.39 is 6.10 Å². The van der Waals surface area contributed by atoms with Gasteiger partial charge in [0.05, 0.1) is 5.71 Å². The van der Waals surface area contributed by atoms with Gasteiger partial charge in [0, 0.05) is 44.6 Å². The van der Waals surface area contributed by atoms with Gasteiger partial charge in [0.25, 0.3) is 5.91 Å². The van der Waals surface area contributed by atoms with Crippen molar-refractivity contribution in [1.82, 2.24) is 9.80 Å². The topological polar surface area (TPSA) is 62.2 Å². The number of carbonyl (C=O) groups is 2. The highest BCUT2D eigenvalue weighted by molar-refractivity contribution is 6.04. The van der Waals surface area contributed by atoms with Gasteiger partial charge in [0.2, 0.25) is 12.0 Å². The first-order valence-electron chi connectivity index (χ1n) is 10.7. The number of benzene rings is 2. The van der Waals surface area contributed by atoms with Crippen LogP contribution in [-0.2, 0) is 20.8 Å². The van der Waals surface area contributed by atoms with Crippen LogP contribution < -0.4 is 0 Å². The number of oxime groups is 1. The maximum absolute atomic E-state index is 13.4. The quantitative estimate of drug-likeness (QED) is 0.718. The lowest BCUT2D eigenvalue weighted by molar-refractivity contribution is -0.146. The molecule has 2 aromatic rings. The van der Waals surface area contributed by atoms with E-state index in [-0.39, 0.29) is 17.6 Å². The van der Waals surface area contributed by atoms with Gasteiger partial charge in [0.15, 0.2) is 0 Å². The molecule has 2 aliphatic heterocycles. The maximum atomic E-state index is 13.4. The average molecular weight is 423 g/mol. The smallest absolute Gasteiger partial charge is 0.267 e. The third-order valence-corrected chi connectivity index (χ3v) is 5.75. The second kappa shape index (κ2) is 9.73. The van der Waals surface area contributed by atoms with Gasteiger partial charge in [-0.25, -0.2) is 4.39 Å². The van der Waals surface area contributed by atoms with E-state index in [1.165, 1.54) is 17.7 Å². The number of hydrogen-bond donors (Lipinski definition) is 0. The summed E-state index contributed by atoms with van der Waals surface area (Å²) < 4.78 is 13.4. The fourth-order valence-corrected chi connectivity index (χ4v) is 3.97. The number of nitrogens with zero attached hydrogens (tertiary/aromatic N) is 3. The monoisotopic (exact) mass is 423 g/mol. The summed E-state index contributed by atoms with van der Waals surface area (Å²) in [4.78, 5) is 34.2. The van der Waals surface area contributed by atoms with Crippen LogP contribution in [0.25, 0.3) is 0 Å². The molecule has 1 fully saturated rings. The molecule has 0 bridgehead atoms. The van der Waals surface area contributed by atoms with E-state index in [0.29, 0.717) is 50.3 Å². The molecule has 0 radical (unpaired) electrons. The molecule has 2 heterocycles. The van der Waals surface area contributed by atoms with Crippen LogP contribution in [0.15, 0.2) is 59.8 Å². The minimum absolute atomic E-state index is 0.133. The van der Waals surface area contributed by atoms with Gasteiger partial charge >= 0.3 is 0 Å². The normalized spacial score (nSPS) is 18.5. The molecular weight excluding hydrogens is 397 g/mol. The van der Waals surface area contributed by atoms with Gasteiger partial charge in [-0.15, -0.1) is 0 Å². The Kier molecular flexibility index (Phi) is 6.60. The van der Waals surface area contributed by atoms with E-state index in [1.807, 2.05) is 23.1 Å². The van der Waals surface area contributed by atoms with Crippen molar-refractivity contribution in [2.24, 2.45) is 5.16 Å². The lowest BCUT2D eigenvalue weighted by atomic mass is 10.0. The predicted octanol–water partition coefficient (Wildman–Crippen LogP) is 3.01. The van der Waals surface area contributed by atoms with Crippen LogP contribution in [0.2, 0.25) is 0 Å². The first-order valence-corrected chi connectivity index (χ1v) is 10.7. The molecule has 6 nitrogen and oxygen atoms in total. The minimum atomic E-state index is -0.689. The Morgan fingerprint density at radius 2 is 1.74 bits per heavy atom. The SMILES string of the molecule is O=C(CCCc1ccccc1)N1CCN(C(=O)C2CC(c3cccc(F)c3)=NO2)CC1. The zero-order chi connectivity index (χ0) is 21.6. The molecule has 4 rings (SSSR count). The van der Waals surface area contributed by atoms with Crippen LogP contribution in [0.3, 0.4) is 0 Å². The lowest BCUT2D eigenvalue weighted by Crippen LogP contribution is -2.52. The molecule has 0 aliphatic carbocycles. The highest BCUT2D eigenvalue weighted by Gasteiger charge is 2.34. The molecule has 1 saturated heterocycles. The minimum Gasteiger partial charge on any atom is -0.382 e. The van der Waals surface area contributed by atoms with E-state index in [2.05, 4.69) is 17.3 Å². The molecule has 1 unspecified atom stereocenters. The van der Waals surface area contributed by atoms with Gasteiger partial charge < -0.3 is 14.6 Å². The van der Waals surface area contributed by atoms with E-state index in [9.17, 15) is 14.0 Å². The summed E-state index contributed by atoms with van der Waals surface area (Å²) in [6.07, 6.45) is 1.85. The Bertz CT molecular complexity index is 956. The van der Waals surface area contributed by atoms with Crippen molar-refractivity contribution in [3.8, 4) is 0 Å². The van der Waals surface area contributed by atoms with E-state index in [0.717, 1.165) is 12.8 Å². The molecule has 1 atom stereocenters. The molecule has 2 aromatic carbocycles. The molecule has 0 saturated carbocycles. The van der Waals surface area contributed by atoms with Crippen molar-refractivity contribution >= 4 is 17.5 Å². The molecule has 0 spiro atoms. The van der Waals surface area contributed by atoms with Crippen molar-refractivity contribution in [1.29, 1.82) is 0 Å². The average Bonchev–Trinajstić information content (AvgIpc) is 3.30. The lowest BCUT2D eigenvalue weighted by Gasteiger charge is -2.35. The molecule has 31 heavy (non-hydrogen) atoms. The van der Waals surface area contributed by atoms with Crippen LogP contribution in [-0.4, -0.2) is 59.6 Å². The van der Waals surface area contributed by atoms with Gasteiger partial charge in [0.1, 0.15) is 5.82 Å². The molecule has 7 heteroatoms. The summed E-state index contributed by atoms with van der Waals surface area (Å²) >= 11 is 0. The largest absolute Gasteiger partial charge is 0.382 e. The van der Waals surface area contributed by atoms with Crippen molar-refractivity contribution in [3.63, 3.8) is 0 Å². The third kappa shape index (κ3) is 5.29. The van der Waals surface area contributed by atoms with Crippen LogP contribution in [0.4, 0.5) is 4.39 Å². The highest BCUT2D eigenvalue weighted by Crippen LogP contribution is 2.20. The predicted molar refractivity (Wildman–Crippen MR) is 115 cm³/mol. The number of rotatable bonds is 6. The Balaban J connectivity index is 1.21. The summed E-state index contributed by atoms with van der Waals surface area (Å²) in [7, 11) is 0. The molecule has 2 amide bonds. The standard InChI is InChI=1S/C24H26FN3O3/c25-20-10-5-9-19(16-20)21-17-22(31-26-21)24(30)28-14-12-27(13-15-28)23(29)11-4-8-18-6-2-1-3-7-18/h1-3,5-7,9-10,16,22H,4,8,11-15,17H2. The summed E-state index contributed by atoms with van der Waals surface area (Å²) in [6.45, 7) is 2.03. The summed E-state index contributed by atoms with van der Waals surface area (Å²) in [6, 6.07) is 16.3.